The third-order valence-electron chi connectivity index (χ3n) is 3.70. The van der Waals surface area contributed by atoms with Gasteiger partial charge in [0.25, 0.3) is 0 Å². The lowest BCUT2D eigenvalue weighted by atomic mass is 10.1. The fourth-order valence-corrected chi connectivity index (χ4v) is 2.47. The van der Waals surface area contributed by atoms with E-state index in [4.69, 9.17) is 9.47 Å². The zero-order valence-corrected chi connectivity index (χ0v) is 11.3. The summed E-state index contributed by atoms with van der Waals surface area (Å²) in [7, 11) is 1.36. The van der Waals surface area contributed by atoms with Crippen LogP contribution in [0, 0.1) is 5.92 Å². The molecule has 1 aliphatic carbocycles. The van der Waals surface area contributed by atoms with E-state index in [-0.39, 0.29) is 0 Å². The average molecular weight is 271 g/mol. The van der Waals surface area contributed by atoms with Crippen LogP contribution in [0.5, 0.6) is 5.75 Å². The van der Waals surface area contributed by atoms with Crippen LogP contribution in [0.3, 0.4) is 0 Å². The highest BCUT2D eigenvalue weighted by molar-refractivity contribution is 5.90. The number of ether oxygens (including phenoxy) is 2. The second kappa shape index (κ2) is 5.41. The standard InChI is InChI=1S/C16H17NO3/c1-19-16(18)15-14(7-8-17-15)20-10-12-9-13(12)11-5-3-2-4-6-11/h2-8,12-13,17H,9-10H2,1H3/t12-,13-/m0/s1. The molecule has 4 heteroatoms. The summed E-state index contributed by atoms with van der Waals surface area (Å²) in [5, 5.41) is 0. The van der Waals surface area contributed by atoms with Gasteiger partial charge in [-0.1, -0.05) is 30.3 Å². The first-order chi connectivity index (χ1) is 9.79. The molecule has 20 heavy (non-hydrogen) atoms. The molecule has 1 aliphatic rings. The molecule has 0 amide bonds. The van der Waals surface area contributed by atoms with Gasteiger partial charge in [-0.3, -0.25) is 0 Å². The minimum Gasteiger partial charge on any atom is -0.491 e. The van der Waals surface area contributed by atoms with Gasteiger partial charge in [-0.25, -0.2) is 4.79 Å². The van der Waals surface area contributed by atoms with Gasteiger partial charge in [-0.15, -0.1) is 0 Å². The molecule has 1 saturated carbocycles. The highest BCUT2D eigenvalue weighted by Crippen LogP contribution is 2.47. The summed E-state index contributed by atoms with van der Waals surface area (Å²) in [6.07, 6.45) is 2.82. The lowest BCUT2D eigenvalue weighted by Gasteiger charge is -2.06. The Balaban J connectivity index is 1.57. The van der Waals surface area contributed by atoms with E-state index in [9.17, 15) is 4.79 Å². The molecule has 2 aromatic rings. The van der Waals surface area contributed by atoms with Gasteiger partial charge >= 0.3 is 5.97 Å². The number of carbonyl (C=O) groups excluding carboxylic acids is 1. The number of hydrogen-bond acceptors (Lipinski definition) is 3. The molecule has 1 aromatic carbocycles. The zero-order chi connectivity index (χ0) is 13.9. The zero-order valence-electron chi connectivity index (χ0n) is 11.3. The number of hydrogen-bond donors (Lipinski definition) is 1. The maximum atomic E-state index is 11.5. The lowest BCUT2D eigenvalue weighted by molar-refractivity contribution is 0.0589. The predicted molar refractivity (Wildman–Crippen MR) is 74.9 cm³/mol. The summed E-state index contributed by atoms with van der Waals surface area (Å²) in [6.45, 7) is 0.626. The summed E-state index contributed by atoms with van der Waals surface area (Å²) < 4.78 is 10.4. The van der Waals surface area contributed by atoms with Gasteiger partial charge in [0.05, 0.1) is 13.7 Å². The summed E-state index contributed by atoms with van der Waals surface area (Å²) in [4.78, 5) is 14.4. The Morgan fingerprint density at radius 2 is 2.10 bits per heavy atom. The van der Waals surface area contributed by atoms with Gasteiger partial charge in [-0.05, 0) is 24.0 Å². The topological polar surface area (TPSA) is 51.3 Å². The third kappa shape index (κ3) is 2.54. The van der Waals surface area contributed by atoms with Crippen molar-refractivity contribution in [3.8, 4) is 5.75 Å². The van der Waals surface area contributed by atoms with Crippen molar-refractivity contribution in [3.05, 3.63) is 53.9 Å². The second-order valence-electron chi connectivity index (χ2n) is 5.03. The van der Waals surface area contributed by atoms with Gasteiger partial charge in [0.15, 0.2) is 11.4 Å². The van der Waals surface area contributed by atoms with Crippen LogP contribution in [0.25, 0.3) is 0 Å². The molecule has 0 spiro atoms. The number of rotatable bonds is 5. The van der Waals surface area contributed by atoms with Gasteiger partial charge in [-0.2, -0.15) is 0 Å². The number of nitrogens with one attached hydrogen (secondary N) is 1. The molecule has 1 N–H and O–H groups in total. The summed E-state index contributed by atoms with van der Waals surface area (Å²) >= 11 is 0. The number of H-pyrrole nitrogens is 1. The van der Waals surface area contributed by atoms with Crippen molar-refractivity contribution in [2.75, 3.05) is 13.7 Å². The maximum absolute atomic E-state index is 11.5. The van der Waals surface area contributed by atoms with Crippen molar-refractivity contribution >= 4 is 5.97 Å². The molecule has 3 rings (SSSR count). The molecule has 104 valence electrons. The van der Waals surface area contributed by atoms with E-state index in [1.165, 1.54) is 12.7 Å². The van der Waals surface area contributed by atoms with E-state index in [1.807, 2.05) is 6.07 Å². The van der Waals surface area contributed by atoms with E-state index < -0.39 is 5.97 Å². The van der Waals surface area contributed by atoms with E-state index in [1.54, 1.807) is 12.3 Å². The molecule has 0 aliphatic heterocycles. The average Bonchev–Trinajstić information content (AvgIpc) is 3.13. The Bertz CT molecular complexity index is 591. The monoisotopic (exact) mass is 271 g/mol. The van der Waals surface area contributed by atoms with Crippen LogP contribution in [-0.4, -0.2) is 24.7 Å². The van der Waals surface area contributed by atoms with E-state index in [0.717, 1.165) is 6.42 Å². The summed E-state index contributed by atoms with van der Waals surface area (Å²) in [6, 6.07) is 12.2. The first-order valence-corrected chi connectivity index (χ1v) is 6.73. The number of carbonyl (C=O) groups is 1. The number of aromatic nitrogens is 1. The molecule has 4 nitrogen and oxygen atoms in total. The first kappa shape index (κ1) is 12.8. The fraction of sp³-hybridized carbons (Fsp3) is 0.312. The first-order valence-electron chi connectivity index (χ1n) is 6.73. The van der Waals surface area contributed by atoms with Gasteiger partial charge < -0.3 is 14.5 Å². The van der Waals surface area contributed by atoms with E-state index in [2.05, 4.69) is 29.2 Å². The van der Waals surface area contributed by atoms with Gasteiger partial charge in [0, 0.05) is 12.1 Å². The van der Waals surface area contributed by atoms with Crippen LogP contribution >= 0.6 is 0 Å². The molecule has 1 heterocycles. The molecule has 1 aromatic heterocycles. The predicted octanol–water partition coefficient (Wildman–Crippen LogP) is 2.98. The van der Waals surface area contributed by atoms with Crippen LogP contribution in [0.4, 0.5) is 0 Å². The SMILES string of the molecule is COC(=O)c1[nH]ccc1OC[C@@H]1C[C@H]1c1ccccc1. The van der Waals surface area contributed by atoms with Crippen molar-refractivity contribution in [2.24, 2.45) is 5.92 Å². The normalized spacial score (nSPS) is 20.4. The molecule has 1 fully saturated rings. The smallest absolute Gasteiger partial charge is 0.358 e. The Hall–Kier alpha value is -2.23. The van der Waals surface area contributed by atoms with Gasteiger partial charge in [0.1, 0.15) is 0 Å². The molecule has 0 unspecified atom stereocenters. The Kier molecular flexibility index (Phi) is 3.46. The Morgan fingerprint density at radius 1 is 1.30 bits per heavy atom. The molecule has 0 saturated heterocycles. The minimum absolute atomic E-state index is 0.379. The van der Waals surface area contributed by atoms with E-state index in [0.29, 0.717) is 29.9 Å². The highest BCUT2D eigenvalue weighted by Gasteiger charge is 2.38. The van der Waals surface area contributed by atoms with Crippen molar-refractivity contribution in [1.82, 2.24) is 4.98 Å². The van der Waals surface area contributed by atoms with Crippen molar-refractivity contribution < 1.29 is 14.3 Å². The number of aromatic amines is 1. The minimum atomic E-state index is -0.402. The van der Waals surface area contributed by atoms with Crippen LogP contribution in [-0.2, 0) is 4.74 Å². The molecular weight excluding hydrogens is 254 g/mol. The Morgan fingerprint density at radius 3 is 2.85 bits per heavy atom. The quantitative estimate of drug-likeness (QED) is 0.850. The number of esters is 1. The van der Waals surface area contributed by atoms with Crippen molar-refractivity contribution in [3.63, 3.8) is 0 Å². The molecular formula is C16H17NO3. The van der Waals surface area contributed by atoms with Crippen molar-refractivity contribution in [2.45, 2.75) is 12.3 Å². The summed E-state index contributed by atoms with van der Waals surface area (Å²) in [5.74, 6) is 1.27. The van der Waals surface area contributed by atoms with Crippen LogP contribution in [0.15, 0.2) is 42.6 Å². The molecule has 0 bridgehead atoms. The third-order valence-corrected chi connectivity index (χ3v) is 3.70. The summed E-state index contributed by atoms with van der Waals surface area (Å²) in [5.41, 5.74) is 1.74. The van der Waals surface area contributed by atoms with Gasteiger partial charge in [0.2, 0.25) is 0 Å². The molecule has 2 atom stereocenters. The Labute approximate surface area is 117 Å². The second-order valence-corrected chi connectivity index (χ2v) is 5.03. The van der Waals surface area contributed by atoms with Crippen LogP contribution < -0.4 is 4.74 Å². The van der Waals surface area contributed by atoms with Crippen LogP contribution in [0.2, 0.25) is 0 Å². The molecule has 0 radical (unpaired) electrons. The van der Waals surface area contributed by atoms with E-state index >= 15 is 0 Å². The number of benzene rings is 1. The highest BCUT2D eigenvalue weighted by atomic mass is 16.5. The fourth-order valence-electron chi connectivity index (χ4n) is 2.47. The largest absolute Gasteiger partial charge is 0.491 e. The maximum Gasteiger partial charge on any atom is 0.358 e. The van der Waals surface area contributed by atoms with Crippen LogP contribution in [0.1, 0.15) is 28.4 Å². The number of methoxy groups -OCH3 is 1. The lowest BCUT2D eigenvalue weighted by Crippen LogP contribution is -2.07. The van der Waals surface area contributed by atoms with Crippen molar-refractivity contribution in [1.29, 1.82) is 0 Å².